The minimum atomic E-state index is -1.12. The molecular weight excluding hydrogens is 92.8 g/mol. The van der Waals surface area contributed by atoms with Crippen LogP contribution in [0.5, 0.6) is 0 Å². The van der Waals surface area contributed by atoms with Crippen LogP contribution < -0.4 is 0 Å². The summed E-state index contributed by atoms with van der Waals surface area (Å²) in [5, 5.41) is 7.85. The van der Waals surface area contributed by atoms with Crippen molar-refractivity contribution in [1.29, 1.82) is 0 Å². The number of rotatable bonds is 1. The van der Waals surface area contributed by atoms with Gasteiger partial charge < -0.3 is 0 Å². The van der Waals surface area contributed by atoms with Gasteiger partial charge >= 0.3 is 41.2 Å². The van der Waals surface area contributed by atoms with Crippen LogP contribution in [0, 0.1) is 0 Å². The monoisotopic (exact) mass is 99.0 g/mol. The van der Waals surface area contributed by atoms with Crippen LogP contribution in [0.4, 0.5) is 4.79 Å². The van der Waals surface area contributed by atoms with E-state index in [-0.39, 0.29) is 0 Å². The molecule has 0 aliphatic carbocycles. The normalized spacial score (nSPS) is 8.71. The summed E-state index contributed by atoms with van der Waals surface area (Å²) in [4.78, 5) is 12.6. The number of amides is 1. The van der Waals surface area contributed by atoms with Crippen LogP contribution in [0.1, 0.15) is 6.92 Å². The molecule has 1 N–H and O–H groups in total. The predicted molar refractivity (Wildman–Crippen MR) is 26.7 cm³/mol. The standard InChI is InChI=1S/C3H6BNO2/c1-2-4-5-3(6)7/h2H2,1H3,(H,6,7). The van der Waals surface area contributed by atoms with Gasteiger partial charge in [-0.1, -0.05) is 0 Å². The molecule has 0 aliphatic heterocycles. The van der Waals surface area contributed by atoms with E-state index in [1.807, 2.05) is 6.92 Å². The van der Waals surface area contributed by atoms with E-state index in [4.69, 9.17) is 5.11 Å². The molecule has 0 aromatic rings. The Bertz CT molecular complexity index is 90.9. The van der Waals surface area contributed by atoms with Crippen molar-refractivity contribution in [1.82, 2.24) is 0 Å². The van der Waals surface area contributed by atoms with E-state index < -0.39 is 6.09 Å². The van der Waals surface area contributed by atoms with Gasteiger partial charge in [0.2, 0.25) is 0 Å². The van der Waals surface area contributed by atoms with Crippen molar-refractivity contribution < 1.29 is 9.90 Å². The van der Waals surface area contributed by atoms with Gasteiger partial charge in [-0.3, -0.25) is 0 Å². The van der Waals surface area contributed by atoms with E-state index in [1.165, 1.54) is 7.07 Å². The average molecular weight is 98.9 g/mol. The van der Waals surface area contributed by atoms with Crippen molar-refractivity contribution in [3.8, 4) is 0 Å². The van der Waals surface area contributed by atoms with Gasteiger partial charge in [0.05, 0.1) is 0 Å². The third-order valence-electron chi connectivity index (χ3n) is 0.384. The fourth-order valence-corrected chi connectivity index (χ4v) is 0.169. The molecule has 0 heterocycles. The number of hydrogen-bond donors (Lipinski definition) is 1. The molecule has 0 aromatic carbocycles. The molecule has 0 spiro atoms. The Balaban J connectivity index is 3.26. The maximum atomic E-state index is 9.56. The molecule has 38 valence electrons. The fourth-order valence-electron chi connectivity index (χ4n) is 0.169. The average Bonchev–Trinajstić information content (AvgIpc) is 1.61. The van der Waals surface area contributed by atoms with E-state index in [0.29, 0.717) is 6.32 Å². The van der Waals surface area contributed by atoms with Gasteiger partial charge in [-0.05, 0) is 0 Å². The molecule has 0 aliphatic rings. The second-order valence-electron chi connectivity index (χ2n) is 1.00. The zero-order chi connectivity index (χ0) is 5.70. The summed E-state index contributed by atoms with van der Waals surface area (Å²) in [6.07, 6.45) is -0.450. The maximum absolute atomic E-state index is 9.56. The van der Waals surface area contributed by atoms with Gasteiger partial charge in [-0.15, -0.1) is 0 Å². The molecule has 0 saturated carbocycles. The van der Waals surface area contributed by atoms with Gasteiger partial charge in [-0.2, -0.15) is 0 Å². The molecular formula is C3H6BNO2. The topological polar surface area (TPSA) is 49.7 Å². The van der Waals surface area contributed by atoms with Crippen LogP contribution in [0.2, 0.25) is 6.32 Å². The third kappa shape index (κ3) is 5.33. The van der Waals surface area contributed by atoms with Crippen LogP contribution in [0.25, 0.3) is 0 Å². The van der Waals surface area contributed by atoms with Crippen molar-refractivity contribution in [2.45, 2.75) is 13.2 Å². The first-order chi connectivity index (χ1) is 3.27. The van der Waals surface area contributed by atoms with E-state index >= 15 is 0 Å². The van der Waals surface area contributed by atoms with Crippen molar-refractivity contribution in [3.63, 3.8) is 0 Å². The summed E-state index contributed by atoms with van der Waals surface area (Å²) in [5.41, 5.74) is 0. The predicted octanol–water partition coefficient (Wildman–Crippen LogP) is 0.990. The first-order valence-corrected chi connectivity index (χ1v) is 2.02. The quantitative estimate of drug-likeness (QED) is 0.498. The molecule has 0 aromatic heterocycles. The summed E-state index contributed by atoms with van der Waals surface area (Å²) >= 11 is 0. The Morgan fingerprint density at radius 1 is 2.00 bits per heavy atom. The fraction of sp³-hybridized carbons (Fsp3) is 0.667. The van der Waals surface area contributed by atoms with Gasteiger partial charge in [0, 0.05) is 0 Å². The van der Waals surface area contributed by atoms with E-state index in [2.05, 4.69) is 4.90 Å². The van der Waals surface area contributed by atoms with Crippen molar-refractivity contribution in [3.05, 3.63) is 0 Å². The summed E-state index contributed by atoms with van der Waals surface area (Å²) in [6, 6.07) is 0. The third-order valence-corrected chi connectivity index (χ3v) is 0.384. The molecule has 7 heavy (non-hydrogen) atoms. The zero-order valence-electron chi connectivity index (χ0n) is 4.09. The number of carbonyl (C=O) groups is 1. The SMILES string of the molecule is CCB=NC(=O)O. The summed E-state index contributed by atoms with van der Waals surface area (Å²) in [5.74, 6) is 0. The molecule has 0 fully saturated rings. The van der Waals surface area contributed by atoms with Crippen LogP contribution in [-0.4, -0.2) is 18.3 Å². The Morgan fingerprint density at radius 3 is 2.71 bits per heavy atom. The van der Waals surface area contributed by atoms with Crippen LogP contribution >= 0.6 is 0 Å². The summed E-state index contributed by atoms with van der Waals surface area (Å²) in [6.45, 7) is 1.83. The van der Waals surface area contributed by atoms with E-state index in [9.17, 15) is 4.79 Å². The molecule has 0 radical (unpaired) electrons. The molecule has 0 bridgehead atoms. The van der Waals surface area contributed by atoms with Crippen molar-refractivity contribution in [2.24, 2.45) is 4.90 Å². The first kappa shape index (κ1) is 6.33. The van der Waals surface area contributed by atoms with Crippen LogP contribution in [0.3, 0.4) is 0 Å². The van der Waals surface area contributed by atoms with E-state index in [1.54, 1.807) is 0 Å². The Morgan fingerprint density at radius 2 is 2.57 bits per heavy atom. The second-order valence-corrected chi connectivity index (χ2v) is 1.00. The first-order valence-electron chi connectivity index (χ1n) is 2.02. The molecule has 0 saturated heterocycles. The Kier molecular flexibility index (Phi) is 3.19. The summed E-state index contributed by atoms with van der Waals surface area (Å²) in [7, 11) is 1.35. The number of hydrogen-bond acceptors (Lipinski definition) is 1. The molecule has 0 unspecified atom stereocenters. The van der Waals surface area contributed by atoms with Gasteiger partial charge in [-0.25, -0.2) is 0 Å². The number of carboxylic acid groups (broad SMARTS) is 1. The van der Waals surface area contributed by atoms with Crippen LogP contribution in [-0.2, 0) is 0 Å². The molecule has 3 nitrogen and oxygen atoms in total. The molecule has 4 heteroatoms. The van der Waals surface area contributed by atoms with E-state index in [0.717, 1.165) is 0 Å². The summed E-state index contributed by atoms with van der Waals surface area (Å²) < 4.78 is 0. The van der Waals surface area contributed by atoms with Crippen molar-refractivity contribution in [2.75, 3.05) is 0 Å². The van der Waals surface area contributed by atoms with Crippen molar-refractivity contribution >= 4 is 13.2 Å². The van der Waals surface area contributed by atoms with Crippen LogP contribution in [0.15, 0.2) is 4.90 Å². The van der Waals surface area contributed by atoms with Gasteiger partial charge in [0.1, 0.15) is 0 Å². The van der Waals surface area contributed by atoms with Gasteiger partial charge in [0.15, 0.2) is 0 Å². The number of nitrogens with zero attached hydrogens (tertiary/aromatic N) is 1. The molecule has 0 rings (SSSR count). The zero-order valence-corrected chi connectivity index (χ0v) is 4.09. The van der Waals surface area contributed by atoms with Gasteiger partial charge in [0.25, 0.3) is 0 Å². The minimum absolute atomic E-state index is 0.673. The Hall–Kier alpha value is -0.665. The molecule has 1 amide bonds. The Labute approximate surface area is 42.3 Å². The second kappa shape index (κ2) is 3.52. The molecule has 0 atom stereocenters.